The molecule has 1 amide bonds. The average Bonchev–Trinajstić information content (AvgIpc) is 3.33. The number of H-pyrrole nitrogens is 1. The van der Waals surface area contributed by atoms with E-state index in [1.54, 1.807) is 6.08 Å². The normalized spacial score (nSPS) is 19.2. The summed E-state index contributed by atoms with van der Waals surface area (Å²) in [6.45, 7) is 2.78. The molecule has 0 saturated carbocycles. The Balaban J connectivity index is 1.16. The minimum absolute atomic E-state index is 0.0113. The van der Waals surface area contributed by atoms with Crippen LogP contribution in [0.4, 0.5) is 0 Å². The van der Waals surface area contributed by atoms with Crippen LogP contribution in [0.15, 0.2) is 65.3 Å². The first kappa shape index (κ1) is 24.8. The minimum Gasteiger partial charge on any atom is -0.480 e. The second-order valence-corrected chi connectivity index (χ2v) is 10.8. The van der Waals surface area contributed by atoms with Crippen molar-refractivity contribution in [3.8, 4) is 0 Å². The van der Waals surface area contributed by atoms with Crippen molar-refractivity contribution >= 4 is 44.8 Å². The maximum atomic E-state index is 12.7. The fourth-order valence-corrected chi connectivity index (χ4v) is 6.12. The molecule has 2 fully saturated rings. The Morgan fingerprint density at radius 1 is 0.972 bits per heavy atom. The van der Waals surface area contributed by atoms with Crippen LogP contribution in [0.25, 0.3) is 17.0 Å². The lowest BCUT2D eigenvalue weighted by Crippen LogP contribution is -2.52. The molecule has 0 radical (unpaired) electrons. The highest BCUT2D eigenvalue weighted by atomic mass is 79.9. The number of aliphatic carboxylic acids is 1. The van der Waals surface area contributed by atoms with Gasteiger partial charge in [0.2, 0.25) is 5.91 Å². The Morgan fingerprint density at radius 2 is 1.67 bits per heavy atom. The third-order valence-corrected chi connectivity index (χ3v) is 8.35. The third kappa shape index (κ3) is 5.42. The van der Waals surface area contributed by atoms with Crippen molar-refractivity contribution < 1.29 is 14.7 Å². The number of carbonyl (C=O) groups is 2. The van der Waals surface area contributed by atoms with Crippen molar-refractivity contribution in [3.05, 3.63) is 76.4 Å². The maximum Gasteiger partial charge on any atom is 0.321 e. The first-order valence-corrected chi connectivity index (χ1v) is 13.5. The summed E-state index contributed by atoms with van der Waals surface area (Å²) in [4.78, 5) is 32.4. The van der Waals surface area contributed by atoms with Gasteiger partial charge in [0.25, 0.3) is 0 Å². The van der Waals surface area contributed by atoms with Gasteiger partial charge in [-0.25, -0.2) is 0 Å². The average molecular weight is 550 g/mol. The molecule has 1 atom stereocenters. The number of aromatic nitrogens is 1. The Labute approximate surface area is 220 Å². The summed E-state index contributed by atoms with van der Waals surface area (Å²) in [6, 6.07) is 15.7. The highest BCUT2D eigenvalue weighted by Gasteiger charge is 2.38. The van der Waals surface area contributed by atoms with Gasteiger partial charge in [0, 0.05) is 40.7 Å². The number of likely N-dealkylation sites (tertiary alicyclic amines) is 2. The lowest BCUT2D eigenvalue weighted by molar-refractivity contribution is -0.147. The fraction of sp³-hybridized carbons (Fsp3) is 0.379. The second-order valence-electron chi connectivity index (χ2n) is 9.93. The quantitative estimate of drug-likeness (QED) is 0.397. The zero-order valence-corrected chi connectivity index (χ0v) is 21.9. The molecule has 3 aromatic rings. The van der Waals surface area contributed by atoms with Crippen molar-refractivity contribution in [3.63, 3.8) is 0 Å². The molecule has 7 heteroatoms. The van der Waals surface area contributed by atoms with Gasteiger partial charge in [-0.2, -0.15) is 0 Å². The molecule has 36 heavy (non-hydrogen) atoms. The van der Waals surface area contributed by atoms with Crippen LogP contribution in [0.1, 0.15) is 42.7 Å². The molecule has 188 valence electrons. The Bertz CT molecular complexity index is 1240. The van der Waals surface area contributed by atoms with Gasteiger partial charge in [0.1, 0.15) is 6.04 Å². The minimum atomic E-state index is -0.736. The van der Waals surface area contributed by atoms with E-state index in [9.17, 15) is 14.7 Å². The molecule has 6 nitrogen and oxygen atoms in total. The van der Waals surface area contributed by atoms with E-state index in [0.29, 0.717) is 19.0 Å². The molecular formula is C29H32BrN3O3. The molecule has 0 spiro atoms. The summed E-state index contributed by atoms with van der Waals surface area (Å²) in [7, 11) is 0. The number of aromatic amines is 1. The van der Waals surface area contributed by atoms with Crippen LogP contribution in [0.3, 0.4) is 0 Å². The van der Waals surface area contributed by atoms with Gasteiger partial charge in [-0.05, 0) is 86.0 Å². The van der Waals surface area contributed by atoms with E-state index in [-0.39, 0.29) is 11.8 Å². The van der Waals surface area contributed by atoms with Gasteiger partial charge in [0.15, 0.2) is 0 Å². The number of fused-ring (bicyclic) bond motifs is 1. The number of nitrogens with one attached hydrogen (secondary N) is 1. The first-order chi connectivity index (χ1) is 17.5. The number of rotatable bonds is 6. The molecule has 0 aliphatic carbocycles. The number of benzene rings is 2. The lowest BCUT2D eigenvalue weighted by atomic mass is 9.84. The van der Waals surface area contributed by atoms with E-state index in [2.05, 4.69) is 50.2 Å². The Hall–Kier alpha value is -2.90. The second kappa shape index (κ2) is 11.0. The molecule has 2 aromatic carbocycles. The van der Waals surface area contributed by atoms with E-state index < -0.39 is 12.0 Å². The molecule has 2 aliphatic rings. The van der Waals surface area contributed by atoms with E-state index in [0.717, 1.165) is 54.3 Å². The van der Waals surface area contributed by atoms with Crippen LogP contribution in [0.2, 0.25) is 0 Å². The largest absolute Gasteiger partial charge is 0.480 e. The summed E-state index contributed by atoms with van der Waals surface area (Å²) in [5.74, 6) is -0.237. The molecule has 3 heterocycles. The molecule has 0 bridgehead atoms. The Kier molecular flexibility index (Phi) is 7.58. The van der Waals surface area contributed by atoms with E-state index in [1.165, 1.54) is 10.9 Å². The van der Waals surface area contributed by atoms with Gasteiger partial charge in [-0.15, -0.1) is 0 Å². The summed E-state index contributed by atoms with van der Waals surface area (Å²) >= 11 is 3.42. The molecule has 2 saturated heterocycles. The van der Waals surface area contributed by atoms with Gasteiger partial charge in [0.05, 0.1) is 0 Å². The topological polar surface area (TPSA) is 76.6 Å². The highest BCUT2D eigenvalue weighted by Crippen LogP contribution is 2.35. The Morgan fingerprint density at radius 3 is 2.36 bits per heavy atom. The third-order valence-electron chi connectivity index (χ3n) is 7.82. The van der Waals surface area contributed by atoms with Crippen molar-refractivity contribution in [2.45, 2.75) is 37.6 Å². The molecule has 2 aliphatic heterocycles. The number of para-hydroxylation sites is 1. The number of nitrogens with zero attached hydrogens (tertiary/aromatic N) is 2. The zero-order chi connectivity index (χ0) is 25.1. The van der Waals surface area contributed by atoms with Gasteiger partial charge in [-0.3, -0.25) is 14.5 Å². The SMILES string of the molecule is O=C(O)C(C1CCN(C(=O)C=Cc2ccc(Br)cc2)CC1)N1CCC(c2c[nH]c3ccccc23)CC1. The predicted octanol–water partition coefficient (Wildman–Crippen LogP) is 5.52. The number of piperidine rings is 2. The van der Waals surface area contributed by atoms with Gasteiger partial charge in [-0.1, -0.05) is 46.3 Å². The van der Waals surface area contributed by atoms with Crippen LogP contribution in [-0.2, 0) is 9.59 Å². The first-order valence-electron chi connectivity index (χ1n) is 12.7. The van der Waals surface area contributed by atoms with Crippen molar-refractivity contribution in [1.82, 2.24) is 14.8 Å². The van der Waals surface area contributed by atoms with Gasteiger partial charge < -0.3 is 15.0 Å². The van der Waals surface area contributed by atoms with E-state index in [1.807, 2.05) is 41.3 Å². The van der Waals surface area contributed by atoms with E-state index in [4.69, 9.17) is 0 Å². The number of hydrogen-bond donors (Lipinski definition) is 2. The molecule has 2 N–H and O–H groups in total. The summed E-state index contributed by atoms with van der Waals surface area (Å²) < 4.78 is 1.00. The maximum absolute atomic E-state index is 12.7. The van der Waals surface area contributed by atoms with Crippen LogP contribution < -0.4 is 0 Å². The lowest BCUT2D eigenvalue weighted by Gasteiger charge is -2.41. The monoisotopic (exact) mass is 549 g/mol. The molecule has 1 aromatic heterocycles. The number of carboxylic acids is 1. The number of halogens is 1. The standard InChI is InChI=1S/C29H32BrN3O3/c30-23-8-5-20(6-9-23)7-10-27(34)32-15-13-22(14-16-32)28(29(35)36)33-17-11-21(12-18-33)25-19-31-26-4-2-1-3-24(25)26/h1-10,19,21-22,28,31H,11-18H2,(H,35,36). The number of carbonyl (C=O) groups excluding carboxylic acids is 1. The number of carboxylic acid groups (broad SMARTS) is 1. The predicted molar refractivity (Wildman–Crippen MR) is 146 cm³/mol. The van der Waals surface area contributed by atoms with E-state index >= 15 is 0 Å². The van der Waals surface area contributed by atoms with Gasteiger partial charge >= 0.3 is 5.97 Å². The van der Waals surface area contributed by atoms with Crippen LogP contribution in [-0.4, -0.2) is 64.0 Å². The number of amides is 1. The van der Waals surface area contributed by atoms with Crippen molar-refractivity contribution in [2.24, 2.45) is 5.92 Å². The summed E-state index contributed by atoms with van der Waals surface area (Å²) in [5, 5.41) is 11.4. The van der Waals surface area contributed by atoms with Crippen LogP contribution in [0.5, 0.6) is 0 Å². The fourth-order valence-electron chi connectivity index (χ4n) is 5.86. The summed E-state index contributed by atoms with van der Waals surface area (Å²) in [5.41, 5.74) is 3.48. The molecular weight excluding hydrogens is 518 g/mol. The molecule has 5 rings (SSSR count). The number of hydrogen-bond acceptors (Lipinski definition) is 3. The zero-order valence-electron chi connectivity index (χ0n) is 20.3. The smallest absolute Gasteiger partial charge is 0.321 e. The highest BCUT2D eigenvalue weighted by molar-refractivity contribution is 9.10. The van der Waals surface area contributed by atoms with Crippen LogP contribution >= 0.6 is 15.9 Å². The van der Waals surface area contributed by atoms with Crippen molar-refractivity contribution in [1.29, 1.82) is 0 Å². The van der Waals surface area contributed by atoms with Crippen molar-refractivity contribution in [2.75, 3.05) is 26.2 Å². The summed E-state index contributed by atoms with van der Waals surface area (Å²) in [6.07, 6.45) is 8.94. The molecule has 1 unspecified atom stereocenters. The van der Waals surface area contributed by atoms with Crippen LogP contribution in [0, 0.1) is 5.92 Å².